The summed E-state index contributed by atoms with van der Waals surface area (Å²) in [5.41, 5.74) is 3.31. The topological polar surface area (TPSA) is 78.8 Å². The van der Waals surface area contributed by atoms with E-state index in [2.05, 4.69) is 10.5 Å². The van der Waals surface area contributed by atoms with Crippen LogP contribution in [0.5, 0.6) is 0 Å². The van der Waals surface area contributed by atoms with Crippen molar-refractivity contribution in [1.82, 2.24) is 5.43 Å². The van der Waals surface area contributed by atoms with E-state index in [-0.39, 0.29) is 11.5 Å². The largest absolute Gasteiger partial charge is 0.478 e. The predicted molar refractivity (Wildman–Crippen MR) is 72.8 cm³/mol. The van der Waals surface area contributed by atoms with E-state index >= 15 is 0 Å². The maximum atomic E-state index is 11.5. The lowest BCUT2D eigenvalue weighted by molar-refractivity contribution is 0.0696. The Bertz CT molecular complexity index is 603. The van der Waals surface area contributed by atoms with Crippen LogP contribution in [0.2, 0.25) is 0 Å². The molecule has 1 aromatic heterocycles. The number of carbonyl (C=O) groups excluding carboxylic acids is 1. The van der Waals surface area contributed by atoms with Crippen molar-refractivity contribution in [1.29, 1.82) is 0 Å². The van der Waals surface area contributed by atoms with Gasteiger partial charge < -0.3 is 5.11 Å². The van der Waals surface area contributed by atoms with E-state index in [0.717, 1.165) is 0 Å². The minimum Gasteiger partial charge on any atom is -0.478 e. The van der Waals surface area contributed by atoms with Crippen LogP contribution >= 0.6 is 11.3 Å². The molecular formula is C13H10N2O3S. The standard InChI is InChI=1S/C13H10N2O3S/c16-12(11-2-1-7-19-11)15-14-8-9-3-5-10(6-4-9)13(17)18/h1-8H,(H,15,16)(H,17,18). The first-order valence-corrected chi connectivity index (χ1v) is 6.25. The third kappa shape index (κ3) is 3.49. The summed E-state index contributed by atoms with van der Waals surface area (Å²) in [7, 11) is 0. The Kier molecular flexibility index (Phi) is 4.04. The molecule has 2 rings (SSSR count). The SMILES string of the molecule is O=C(O)c1ccc(C=NNC(=O)c2cccs2)cc1. The predicted octanol–water partition coefficient (Wildman–Crippen LogP) is 2.21. The van der Waals surface area contributed by atoms with Crippen LogP contribution in [0.1, 0.15) is 25.6 Å². The number of hydrogen-bond donors (Lipinski definition) is 2. The lowest BCUT2D eigenvalue weighted by Crippen LogP contribution is -2.16. The molecule has 5 nitrogen and oxygen atoms in total. The molecule has 0 aliphatic heterocycles. The number of carbonyl (C=O) groups is 2. The van der Waals surface area contributed by atoms with Gasteiger partial charge in [-0.1, -0.05) is 18.2 Å². The van der Waals surface area contributed by atoms with E-state index < -0.39 is 5.97 Å². The molecule has 0 unspecified atom stereocenters. The first-order chi connectivity index (χ1) is 9.16. The monoisotopic (exact) mass is 274 g/mol. The Balaban J connectivity index is 1.95. The van der Waals surface area contributed by atoms with Gasteiger partial charge in [0.1, 0.15) is 0 Å². The zero-order chi connectivity index (χ0) is 13.7. The molecular weight excluding hydrogens is 264 g/mol. The van der Waals surface area contributed by atoms with Crippen molar-refractivity contribution in [2.45, 2.75) is 0 Å². The van der Waals surface area contributed by atoms with E-state index in [0.29, 0.717) is 10.4 Å². The number of nitrogens with zero attached hydrogens (tertiary/aromatic N) is 1. The summed E-state index contributed by atoms with van der Waals surface area (Å²) < 4.78 is 0. The van der Waals surface area contributed by atoms with Crippen LogP contribution in [0.3, 0.4) is 0 Å². The maximum Gasteiger partial charge on any atom is 0.335 e. The molecule has 0 atom stereocenters. The number of carboxylic acids is 1. The van der Waals surface area contributed by atoms with Gasteiger partial charge in [-0.05, 0) is 29.1 Å². The van der Waals surface area contributed by atoms with Gasteiger partial charge in [-0.3, -0.25) is 4.79 Å². The van der Waals surface area contributed by atoms with Crippen LogP contribution in [0.4, 0.5) is 0 Å². The molecule has 6 heteroatoms. The molecule has 1 amide bonds. The summed E-state index contributed by atoms with van der Waals surface area (Å²) in [5, 5.41) is 14.4. The number of rotatable bonds is 4. The number of thiophene rings is 1. The van der Waals surface area contributed by atoms with Crippen LogP contribution in [-0.4, -0.2) is 23.2 Å². The lowest BCUT2D eigenvalue weighted by Gasteiger charge is -1.97. The quantitative estimate of drug-likeness (QED) is 0.662. The number of nitrogens with one attached hydrogen (secondary N) is 1. The summed E-state index contributed by atoms with van der Waals surface area (Å²) in [5.74, 6) is -1.25. The minimum atomic E-state index is -0.977. The second-order valence-corrected chi connectivity index (χ2v) is 4.55. The zero-order valence-corrected chi connectivity index (χ0v) is 10.6. The van der Waals surface area contributed by atoms with Gasteiger partial charge in [0.15, 0.2) is 0 Å². The van der Waals surface area contributed by atoms with Gasteiger partial charge >= 0.3 is 5.97 Å². The summed E-state index contributed by atoms with van der Waals surface area (Å²) in [6.45, 7) is 0. The van der Waals surface area contributed by atoms with Gasteiger partial charge in [-0.15, -0.1) is 11.3 Å². The first kappa shape index (κ1) is 13.0. The van der Waals surface area contributed by atoms with Crippen LogP contribution < -0.4 is 5.43 Å². The molecule has 0 saturated heterocycles. The van der Waals surface area contributed by atoms with Gasteiger partial charge in [-0.25, -0.2) is 10.2 Å². The Morgan fingerprint density at radius 3 is 2.53 bits per heavy atom. The van der Waals surface area contributed by atoms with Crippen molar-refractivity contribution in [3.8, 4) is 0 Å². The summed E-state index contributed by atoms with van der Waals surface area (Å²) >= 11 is 1.33. The lowest BCUT2D eigenvalue weighted by atomic mass is 10.1. The second kappa shape index (κ2) is 5.92. The van der Waals surface area contributed by atoms with Gasteiger partial charge in [0, 0.05) is 0 Å². The second-order valence-electron chi connectivity index (χ2n) is 3.60. The van der Waals surface area contributed by atoms with E-state index in [4.69, 9.17) is 5.11 Å². The van der Waals surface area contributed by atoms with Crippen molar-refractivity contribution >= 4 is 29.4 Å². The third-order valence-corrected chi connectivity index (χ3v) is 3.15. The van der Waals surface area contributed by atoms with Crippen molar-refractivity contribution in [2.75, 3.05) is 0 Å². The average molecular weight is 274 g/mol. The van der Waals surface area contributed by atoms with Crippen molar-refractivity contribution < 1.29 is 14.7 Å². The number of hydrazone groups is 1. The third-order valence-electron chi connectivity index (χ3n) is 2.28. The Hall–Kier alpha value is -2.47. The average Bonchev–Trinajstić information content (AvgIpc) is 2.93. The number of benzene rings is 1. The fourth-order valence-electron chi connectivity index (χ4n) is 1.34. The van der Waals surface area contributed by atoms with E-state index in [1.165, 1.54) is 29.7 Å². The summed E-state index contributed by atoms with van der Waals surface area (Å²) in [4.78, 5) is 22.8. The van der Waals surface area contributed by atoms with Crippen LogP contribution in [0.15, 0.2) is 46.9 Å². The Morgan fingerprint density at radius 1 is 1.21 bits per heavy atom. The normalized spacial score (nSPS) is 10.5. The van der Waals surface area contributed by atoms with Crippen LogP contribution in [-0.2, 0) is 0 Å². The number of hydrogen-bond acceptors (Lipinski definition) is 4. The highest BCUT2D eigenvalue weighted by Gasteiger charge is 2.04. The van der Waals surface area contributed by atoms with Crippen LogP contribution in [0.25, 0.3) is 0 Å². The van der Waals surface area contributed by atoms with E-state index in [9.17, 15) is 9.59 Å². The van der Waals surface area contributed by atoms with E-state index in [1.54, 1.807) is 24.3 Å². The minimum absolute atomic E-state index is 0.208. The zero-order valence-electron chi connectivity index (χ0n) is 9.74. The molecule has 0 fully saturated rings. The highest BCUT2D eigenvalue weighted by Crippen LogP contribution is 2.07. The first-order valence-electron chi connectivity index (χ1n) is 5.37. The maximum absolute atomic E-state index is 11.5. The molecule has 0 radical (unpaired) electrons. The van der Waals surface area contributed by atoms with Crippen molar-refractivity contribution in [3.63, 3.8) is 0 Å². The molecule has 0 aliphatic carbocycles. The number of amides is 1. The number of aromatic carboxylic acids is 1. The molecule has 2 aromatic rings. The molecule has 0 spiro atoms. The highest BCUT2D eigenvalue weighted by atomic mass is 32.1. The van der Waals surface area contributed by atoms with Gasteiger partial charge in [0.2, 0.25) is 0 Å². The van der Waals surface area contributed by atoms with Crippen molar-refractivity contribution in [3.05, 3.63) is 57.8 Å². The molecule has 19 heavy (non-hydrogen) atoms. The fourth-order valence-corrected chi connectivity index (χ4v) is 1.95. The molecule has 0 saturated carbocycles. The molecule has 96 valence electrons. The smallest absolute Gasteiger partial charge is 0.335 e. The molecule has 0 bridgehead atoms. The molecule has 2 N–H and O–H groups in total. The molecule has 1 heterocycles. The van der Waals surface area contributed by atoms with Gasteiger partial charge in [0.25, 0.3) is 5.91 Å². The fraction of sp³-hybridized carbons (Fsp3) is 0. The summed E-state index contributed by atoms with van der Waals surface area (Å²) in [6, 6.07) is 9.68. The van der Waals surface area contributed by atoms with Crippen molar-refractivity contribution in [2.24, 2.45) is 5.10 Å². The Morgan fingerprint density at radius 2 is 1.95 bits per heavy atom. The van der Waals surface area contributed by atoms with E-state index in [1.807, 2.05) is 5.38 Å². The molecule has 1 aromatic carbocycles. The summed E-state index contributed by atoms with van der Waals surface area (Å²) in [6.07, 6.45) is 1.46. The highest BCUT2D eigenvalue weighted by molar-refractivity contribution is 7.12. The molecule has 0 aliphatic rings. The Labute approximate surface area is 113 Å². The number of carboxylic acid groups (broad SMARTS) is 1. The van der Waals surface area contributed by atoms with Crippen LogP contribution in [0, 0.1) is 0 Å². The van der Waals surface area contributed by atoms with Gasteiger partial charge in [0.05, 0.1) is 16.7 Å². The van der Waals surface area contributed by atoms with Gasteiger partial charge in [-0.2, -0.15) is 5.10 Å².